The summed E-state index contributed by atoms with van der Waals surface area (Å²) >= 11 is 18.8. The van der Waals surface area contributed by atoms with Gasteiger partial charge in [0.15, 0.2) is 10.3 Å². The van der Waals surface area contributed by atoms with Crippen molar-refractivity contribution < 1.29 is 0 Å². The Morgan fingerprint density at radius 1 is 1.43 bits per heavy atom. The van der Waals surface area contributed by atoms with E-state index in [1.165, 1.54) is 0 Å². The molecule has 0 amide bonds. The first-order valence-corrected chi connectivity index (χ1v) is 6.22. The Morgan fingerprint density at radius 3 is 2.79 bits per heavy atom. The van der Waals surface area contributed by atoms with Gasteiger partial charge in [-0.1, -0.05) is 30.1 Å². The normalized spacial score (nSPS) is 12.9. The van der Waals surface area contributed by atoms with Crippen LogP contribution in [0.15, 0.2) is 11.0 Å². The number of aromatic nitrogens is 2. The molecule has 1 aromatic rings. The highest BCUT2D eigenvalue weighted by Gasteiger charge is 2.09. The van der Waals surface area contributed by atoms with Crippen molar-refractivity contribution in [3.8, 4) is 0 Å². The molecule has 0 N–H and O–H groups in total. The summed E-state index contributed by atoms with van der Waals surface area (Å²) in [5, 5.41) is 8.50. The first-order valence-electron chi connectivity index (χ1n) is 4.05. The van der Waals surface area contributed by atoms with Crippen molar-refractivity contribution in [1.29, 1.82) is 0 Å². The zero-order chi connectivity index (χ0) is 10.6. The highest BCUT2D eigenvalue weighted by Crippen LogP contribution is 2.31. The van der Waals surface area contributed by atoms with Gasteiger partial charge in [0.05, 0.1) is 0 Å². The standard InChI is InChI=1S/C8H9Cl3N2S/c1-5(2-3-9)14-6-4-7(10)12-13-8(6)11/h4-5H,2-3H2,1H3. The van der Waals surface area contributed by atoms with E-state index in [-0.39, 0.29) is 0 Å². The Morgan fingerprint density at radius 2 is 2.14 bits per heavy atom. The molecule has 0 aliphatic carbocycles. The Kier molecular flexibility index (Phi) is 5.31. The topological polar surface area (TPSA) is 25.8 Å². The van der Waals surface area contributed by atoms with Gasteiger partial charge in [-0.3, -0.25) is 0 Å². The molecule has 14 heavy (non-hydrogen) atoms. The molecule has 0 spiro atoms. The predicted molar refractivity (Wildman–Crippen MR) is 62.7 cm³/mol. The fraction of sp³-hybridized carbons (Fsp3) is 0.500. The zero-order valence-electron chi connectivity index (χ0n) is 7.51. The van der Waals surface area contributed by atoms with Crippen LogP contribution in [0.4, 0.5) is 0 Å². The van der Waals surface area contributed by atoms with Crippen molar-refractivity contribution in [2.75, 3.05) is 5.88 Å². The number of halogens is 3. The minimum Gasteiger partial charge on any atom is -0.137 e. The Hall–Kier alpha value is 0.300. The van der Waals surface area contributed by atoms with Gasteiger partial charge in [-0.15, -0.1) is 33.6 Å². The Balaban J connectivity index is 2.70. The molecule has 2 nitrogen and oxygen atoms in total. The van der Waals surface area contributed by atoms with Crippen LogP contribution in [0.25, 0.3) is 0 Å². The first kappa shape index (κ1) is 12.4. The van der Waals surface area contributed by atoms with E-state index in [1.54, 1.807) is 17.8 Å². The van der Waals surface area contributed by atoms with E-state index in [0.29, 0.717) is 21.4 Å². The van der Waals surface area contributed by atoms with Crippen LogP contribution in [-0.4, -0.2) is 21.3 Å². The highest BCUT2D eigenvalue weighted by molar-refractivity contribution is 8.00. The number of nitrogens with zero attached hydrogens (tertiary/aromatic N) is 2. The summed E-state index contributed by atoms with van der Waals surface area (Å²) in [6.45, 7) is 2.08. The van der Waals surface area contributed by atoms with Crippen LogP contribution in [0.3, 0.4) is 0 Å². The molecule has 0 saturated heterocycles. The summed E-state index contributed by atoms with van der Waals surface area (Å²) in [6, 6.07) is 1.71. The molecule has 0 fully saturated rings. The van der Waals surface area contributed by atoms with Crippen LogP contribution >= 0.6 is 46.6 Å². The molecule has 1 aromatic heterocycles. The van der Waals surface area contributed by atoms with E-state index in [9.17, 15) is 0 Å². The van der Waals surface area contributed by atoms with Crippen molar-refractivity contribution in [2.45, 2.75) is 23.5 Å². The monoisotopic (exact) mass is 270 g/mol. The van der Waals surface area contributed by atoms with Gasteiger partial charge < -0.3 is 0 Å². The maximum Gasteiger partial charge on any atom is 0.165 e. The molecule has 1 unspecified atom stereocenters. The molecular weight excluding hydrogens is 263 g/mol. The summed E-state index contributed by atoms with van der Waals surface area (Å²) in [6.07, 6.45) is 0.919. The number of alkyl halides is 1. The van der Waals surface area contributed by atoms with Gasteiger partial charge in [-0.05, 0) is 12.5 Å². The molecule has 1 heterocycles. The van der Waals surface area contributed by atoms with E-state index < -0.39 is 0 Å². The van der Waals surface area contributed by atoms with Crippen LogP contribution in [0.2, 0.25) is 10.3 Å². The fourth-order valence-electron chi connectivity index (χ4n) is 0.850. The van der Waals surface area contributed by atoms with Crippen LogP contribution in [0.1, 0.15) is 13.3 Å². The molecule has 1 atom stereocenters. The summed E-state index contributed by atoms with van der Waals surface area (Å²) in [5.41, 5.74) is 0. The molecule has 0 saturated carbocycles. The van der Waals surface area contributed by atoms with Gasteiger partial charge in [-0.25, -0.2) is 0 Å². The predicted octanol–water partition coefficient (Wildman–Crippen LogP) is 3.89. The third-order valence-corrected chi connectivity index (χ3v) is 3.53. The lowest BCUT2D eigenvalue weighted by molar-refractivity contribution is 0.908. The molecule has 0 radical (unpaired) electrons. The zero-order valence-corrected chi connectivity index (χ0v) is 10.6. The van der Waals surface area contributed by atoms with Crippen molar-refractivity contribution in [3.05, 3.63) is 16.4 Å². The molecule has 1 rings (SSSR count). The van der Waals surface area contributed by atoms with Gasteiger partial charge >= 0.3 is 0 Å². The molecule has 0 aliphatic rings. The van der Waals surface area contributed by atoms with Crippen molar-refractivity contribution in [3.63, 3.8) is 0 Å². The fourth-order valence-corrected chi connectivity index (χ4v) is 2.73. The van der Waals surface area contributed by atoms with E-state index in [4.69, 9.17) is 34.8 Å². The molecule has 78 valence electrons. The Labute approximate surface area is 102 Å². The molecule has 0 bridgehead atoms. The van der Waals surface area contributed by atoms with Crippen LogP contribution in [-0.2, 0) is 0 Å². The van der Waals surface area contributed by atoms with Gasteiger partial charge in [0, 0.05) is 16.0 Å². The third-order valence-electron chi connectivity index (χ3n) is 1.53. The van der Waals surface area contributed by atoms with Gasteiger partial charge in [0.1, 0.15) is 0 Å². The molecule has 0 aliphatic heterocycles. The Bertz CT molecular complexity index is 309. The third kappa shape index (κ3) is 3.81. The highest BCUT2D eigenvalue weighted by atomic mass is 35.5. The average Bonchev–Trinajstić information content (AvgIpc) is 2.12. The average molecular weight is 272 g/mol. The van der Waals surface area contributed by atoms with E-state index in [2.05, 4.69) is 17.1 Å². The summed E-state index contributed by atoms with van der Waals surface area (Å²) < 4.78 is 0. The summed E-state index contributed by atoms with van der Waals surface area (Å²) in [5.74, 6) is 0.637. The molecule has 6 heteroatoms. The second-order valence-corrected chi connectivity index (χ2v) is 5.33. The lowest BCUT2D eigenvalue weighted by Crippen LogP contribution is -1.97. The van der Waals surface area contributed by atoms with Gasteiger partial charge in [0.2, 0.25) is 0 Å². The minimum absolute atomic E-state index is 0.356. The number of rotatable bonds is 4. The minimum atomic E-state index is 0.356. The van der Waals surface area contributed by atoms with Gasteiger partial charge in [0.25, 0.3) is 0 Å². The summed E-state index contributed by atoms with van der Waals surface area (Å²) in [7, 11) is 0. The van der Waals surface area contributed by atoms with Crippen molar-refractivity contribution in [2.24, 2.45) is 0 Å². The number of hydrogen-bond acceptors (Lipinski definition) is 3. The van der Waals surface area contributed by atoms with Crippen LogP contribution < -0.4 is 0 Å². The lowest BCUT2D eigenvalue weighted by atomic mass is 10.4. The molecular formula is C8H9Cl3N2S. The van der Waals surface area contributed by atoms with Crippen molar-refractivity contribution in [1.82, 2.24) is 10.2 Å². The SMILES string of the molecule is CC(CCCl)Sc1cc(Cl)nnc1Cl. The maximum atomic E-state index is 5.85. The first-order chi connectivity index (χ1) is 6.63. The second kappa shape index (κ2) is 6.01. The van der Waals surface area contributed by atoms with E-state index in [0.717, 1.165) is 11.3 Å². The lowest BCUT2D eigenvalue weighted by Gasteiger charge is -2.09. The van der Waals surface area contributed by atoms with Crippen LogP contribution in [0.5, 0.6) is 0 Å². The molecule has 0 aromatic carbocycles. The van der Waals surface area contributed by atoms with Crippen molar-refractivity contribution >= 4 is 46.6 Å². The number of hydrogen-bond donors (Lipinski definition) is 0. The van der Waals surface area contributed by atoms with E-state index in [1.807, 2.05) is 0 Å². The van der Waals surface area contributed by atoms with Gasteiger partial charge in [-0.2, -0.15) is 0 Å². The quantitative estimate of drug-likeness (QED) is 0.614. The van der Waals surface area contributed by atoms with Crippen LogP contribution in [0, 0.1) is 0 Å². The summed E-state index contributed by atoms with van der Waals surface area (Å²) in [4.78, 5) is 0.851. The second-order valence-electron chi connectivity index (χ2n) is 2.73. The largest absolute Gasteiger partial charge is 0.165 e. The maximum absolute atomic E-state index is 5.85. The van der Waals surface area contributed by atoms with E-state index >= 15 is 0 Å². The number of thioether (sulfide) groups is 1. The smallest absolute Gasteiger partial charge is 0.137 e.